The number of rotatable bonds is 4. The minimum absolute atomic E-state index is 0.0193. The number of amides is 2. The lowest BCUT2D eigenvalue weighted by Gasteiger charge is -2.37. The number of anilines is 1. The predicted octanol–water partition coefficient (Wildman–Crippen LogP) is 5.47. The predicted molar refractivity (Wildman–Crippen MR) is 119 cm³/mol. The first-order valence-electron chi connectivity index (χ1n) is 11.4. The molecule has 4 nitrogen and oxygen atoms in total. The van der Waals surface area contributed by atoms with Gasteiger partial charge in [0.05, 0.1) is 17.5 Å². The summed E-state index contributed by atoms with van der Waals surface area (Å²) in [4.78, 5) is 28.0. The smallest absolute Gasteiger partial charge is 0.238 e. The molecule has 2 bridgehead atoms. The van der Waals surface area contributed by atoms with Gasteiger partial charge in [-0.25, -0.2) is 0 Å². The van der Waals surface area contributed by atoms with Crippen molar-refractivity contribution in [3.63, 3.8) is 0 Å². The highest BCUT2D eigenvalue weighted by molar-refractivity contribution is 6.22. The third-order valence-corrected chi connectivity index (χ3v) is 7.78. The van der Waals surface area contributed by atoms with Crippen LogP contribution in [0.3, 0.4) is 0 Å². The molecule has 158 valence electrons. The Morgan fingerprint density at radius 3 is 2.10 bits per heavy atom. The summed E-state index contributed by atoms with van der Waals surface area (Å²) in [6.07, 6.45) is 5.60. The van der Waals surface area contributed by atoms with Crippen molar-refractivity contribution in [3.8, 4) is 11.5 Å². The Labute approximate surface area is 182 Å². The van der Waals surface area contributed by atoms with Crippen LogP contribution in [0, 0.1) is 42.4 Å². The number of benzene rings is 2. The maximum Gasteiger partial charge on any atom is 0.238 e. The fraction of sp³-hybridized carbons (Fsp3) is 0.407. The van der Waals surface area contributed by atoms with Crippen LogP contribution in [0.2, 0.25) is 0 Å². The molecule has 3 fully saturated rings. The van der Waals surface area contributed by atoms with Gasteiger partial charge < -0.3 is 4.74 Å². The van der Waals surface area contributed by atoms with E-state index in [4.69, 9.17) is 4.74 Å². The normalized spacial score (nSPS) is 32.5. The van der Waals surface area contributed by atoms with Gasteiger partial charge in [-0.05, 0) is 84.4 Å². The molecule has 31 heavy (non-hydrogen) atoms. The standard InChI is InChI=1S/C27H27NO3/c1-14(2)18-9-4-15(3)12-23(18)31-17-7-5-16(6-8-17)28-26(29)24-19-10-11-20(22-13-21(19)22)25(24)27(28)30/h4-12,14,19-22,24-25H,13H2,1-3H3/t19-,20-,21-,22-,24-,25+/m1/s1. The van der Waals surface area contributed by atoms with Crippen molar-refractivity contribution in [3.05, 3.63) is 65.7 Å². The third kappa shape index (κ3) is 2.73. The van der Waals surface area contributed by atoms with Crippen molar-refractivity contribution in [2.24, 2.45) is 35.5 Å². The molecule has 2 amide bonds. The Hall–Kier alpha value is -2.88. The molecule has 4 heteroatoms. The number of carbonyl (C=O) groups excluding carboxylic acids is 2. The van der Waals surface area contributed by atoms with Crippen LogP contribution < -0.4 is 9.64 Å². The van der Waals surface area contributed by atoms with Crippen LogP contribution in [0.1, 0.15) is 37.3 Å². The molecule has 1 heterocycles. The quantitative estimate of drug-likeness (QED) is 0.493. The van der Waals surface area contributed by atoms with Gasteiger partial charge in [-0.2, -0.15) is 0 Å². The van der Waals surface area contributed by atoms with Crippen molar-refractivity contribution in [2.75, 3.05) is 4.90 Å². The second-order valence-electron chi connectivity index (χ2n) is 9.96. The van der Waals surface area contributed by atoms with E-state index in [9.17, 15) is 9.59 Å². The number of nitrogens with zero attached hydrogens (tertiary/aromatic N) is 1. The van der Waals surface area contributed by atoms with Gasteiger partial charge in [0.2, 0.25) is 11.8 Å². The van der Waals surface area contributed by atoms with Crippen LogP contribution in [0.4, 0.5) is 5.69 Å². The van der Waals surface area contributed by atoms with Crippen LogP contribution in [0.25, 0.3) is 0 Å². The number of ether oxygens (including phenoxy) is 1. The van der Waals surface area contributed by atoms with E-state index in [1.165, 1.54) is 11.3 Å². The van der Waals surface area contributed by atoms with E-state index in [-0.39, 0.29) is 35.5 Å². The number of aryl methyl sites for hydroxylation is 1. The molecule has 4 aliphatic carbocycles. The van der Waals surface area contributed by atoms with Crippen molar-refractivity contribution < 1.29 is 14.3 Å². The van der Waals surface area contributed by atoms with Crippen molar-refractivity contribution in [2.45, 2.75) is 33.1 Å². The highest BCUT2D eigenvalue weighted by Crippen LogP contribution is 2.65. The molecule has 0 radical (unpaired) electrons. The topological polar surface area (TPSA) is 46.6 Å². The third-order valence-electron chi connectivity index (χ3n) is 7.78. The molecule has 0 aromatic heterocycles. The van der Waals surface area contributed by atoms with Gasteiger partial charge in [-0.15, -0.1) is 0 Å². The summed E-state index contributed by atoms with van der Waals surface area (Å²) < 4.78 is 6.18. The maximum absolute atomic E-state index is 13.3. The first-order chi connectivity index (χ1) is 14.9. The molecule has 1 saturated heterocycles. The summed E-state index contributed by atoms with van der Waals surface area (Å²) in [7, 11) is 0. The molecule has 0 unspecified atom stereocenters. The fourth-order valence-corrected chi connectivity index (χ4v) is 6.21. The summed E-state index contributed by atoms with van der Waals surface area (Å²) in [6, 6.07) is 13.6. The number of hydrogen-bond donors (Lipinski definition) is 0. The molecular weight excluding hydrogens is 386 g/mol. The van der Waals surface area contributed by atoms with Gasteiger partial charge in [0.25, 0.3) is 0 Å². The van der Waals surface area contributed by atoms with E-state index in [0.717, 1.165) is 16.9 Å². The van der Waals surface area contributed by atoms with Gasteiger partial charge in [0.15, 0.2) is 0 Å². The van der Waals surface area contributed by atoms with E-state index in [1.54, 1.807) is 0 Å². The average molecular weight is 414 g/mol. The summed E-state index contributed by atoms with van der Waals surface area (Å²) in [6.45, 7) is 6.35. The lowest BCUT2D eigenvalue weighted by molar-refractivity contribution is -0.124. The lowest BCUT2D eigenvalue weighted by atomic mass is 9.63. The lowest BCUT2D eigenvalue weighted by Crippen LogP contribution is -2.40. The van der Waals surface area contributed by atoms with Gasteiger partial charge in [-0.3, -0.25) is 14.5 Å². The average Bonchev–Trinajstić information content (AvgIpc) is 3.52. The van der Waals surface area contributed by atoms with E-state index in [2.05, 4.69) is 51.1 Å². The molecular formula is C27H27NO3. The highest BCUT2D eigenvalue weighted by atomic mass is 16.5. The molecule has 2 aromatic carbocycles. The Morgan fingerprint density at radius 1 is 0.903 bits per heavy atom. The molecule has 0 N–H and O–H groups in total. The van der Waals surface area contributed by atoms with Gasteiger partial charge in [0.1, 0.15) is 11.5 Å². The number of carbonyl (C=O) groups is 2. The second kappa shape index (κ2) is 6.56. The first kappa shape index (κ1) is 18.9. The van der Waals surface area contributed by atoms with E-state index >= 15 is 0 Å². The molecule has 1 aliphatic heterocycles. The fourth-order valence-electron chi connectivity index (χ4n) is 6.21. The summed E-state index contributed by atoms with van der Waals surface area (Å²) >= 11 is 0. The zero-order valence-electron chi connectivity index (χ0n) is 18.1. The Morgan fingerprint density at radius 2 is 1.52 bits per heavy atom. The Kier molecular flexibility index (Phi) is 3.99. The first-order valence-corrected chi connectivity index (χ1v) is 11.4. The van der Waals surface area contributed by atoms with Crippen molar-refractivity contribution >= 4 is 17.5 Å². The van der Waals surface area contributed by atoms with Gasteiger partial charge in [0, 0.05) is 0 Å². The van der Waals surface area contributed by atoms with Crippen molar-refractivity contribution in [1.82, 2.24) is 0 Å². The van der Waals surface area contributed by atoms with Crippen LogP contribution in [0.5, 0.6) is 11.5 Å². The van der Waals surface area contributed by atoms with Crippen LogP contribution in [-0.2, 0) is 9.59 Å². The molecule has 7 rings (SSSR count). The van der Waals surface area contributed by atoms with Crippen LogP contribution in [0.15, 0.2) is 54.6 Å². The SMILES string of the molecule is Cc1ccc(C(C)C)c(Oc2ccc(N3C(=O)[C@@H]4[C@@H]5C=C[C@H]([C@H]6C[C@H]56)[C@@H]4C3=O)cc2)c1. The monoisotopic (exact) mass is 413 g/mol. The number of imide groups is 1. The van der Waals surface area contributed by atoms with Crippen LogP contribution in [-0.4, -0.2) is 11.8 Å². The zero-order valence-corrected chi connectivity index (χ0v) is 18.1. The highest BCUT2D eigenvalue weighted by Gasteiger charge is 2.67. The minimum Gasteiger partial charge on any atom is -0.457 e. The molecule has 0 spiro atoms. The van der Waals surface area contributed by atoms with Crippen LogP contribution >= 0.6 is 0 Å². The van der Waals surface area contributed by atoms with Gasteiger partial charge in [-0.1, -0.05) is 38.1 Å². The molecule has 6 atom stereocenters. The number of hydrogen-bond acceptors (Lipinski definition) is 3. The molecule has 2 saturated carbocycles. The maximum atomic E-state index is 13.3. The van der Waals surface area contributed by atoms with E-state index in [0.29, 0.717) is 29.2 Å². The Bertz CT molecular complexity index is 1080. The van der Waals surface area contributed by atoms with Crippen molar-refractivity contribution in [1.29, 1.82) is 0 Å². The Balaban J connectivity index is 1.26. The van der Waals surface area contributed by atoms with E-state index in [1.807, 2.05) is 24.3 Å². The summed E-state index contributed by atoms with van der Waals surface area (Å²) in [5.74, 6) is 3.28. The zero-order chi connectivity index (χ0) is 21.4. The van der Waals surface area contributed by atoms with Gasteiger partial charge >= 0.3 is 0 Å². The number of allylic oxidation sites excluding steroid dienone is 2. The summed E-state index contributed by atoms with van der Waals surface area (Å²) in [5, 5.41) is 0. The second-order valence-corrected chi connectivity index (χ2v) is 9.96. The summed E-state index contributed by atoms with van der Waals surface area (Å²) in [5.41, 5.74) is 2.96. The largest absolute Gasteiger partial charge is 0.457 e. The minimum atomic E-state index is -0.164. The molecule has 5 aliphatic rings. The van der Waals surface area contributed by atoms with E-state index < -0.39 is 0 Å². The molecule has 2 aromatic rings.